The second-order valence-corrected chi connectivity index (χ2v) is 4.01. The predicted molar refractivity (Wildman–Crippen MR) is 58.1 cm³/mol. The van der Waals surface area contributed by atoms with Gasteiger partial charge in [0.25, 0.3) is 0 Å². The fourth-order valence-corrected chi connectivity index (χ4v) is 2.42. The number of aromatic carboxylic acids is 1. The van der Waals surface area contributed by atoms with E-state index in [2.05, 4.69) is 0 Å². The summed E-state index contributed by atoms with van der Waals surface area (Å²) in [5.74, 6) is -0.617. The van der Waals surface area contributed by atoms with Gasteiger partial charge in [-0.25, -0.2) is 4.79 Å². The number of carbonyl (C=O) groups is 1. The second-order valence-electron chi connectivity index (χ2n) is 4.01. The van der Waals surface area contributed by atoms with E-state index in [1.807, 2.05) is 12.1 Å². The molecule has 3 heteroatoms. The Hall–Kier alpha value is -1.35. The van der Waals surface area contributed by atoms with Crippen molar-refractivity contribution in [1.29, 1.82) is 0 Å². The summed E-state index contributed by atoms with van der Waals surface area (Å²) in [7, 11) is 0. The summed E-state index contributed by atoms with van der Waals surface area (Å²) in [6.07, 6.45) is 3.10. The van der Waals surface area contributed by atoms with Crippen molar-refractivity contribution >= 4 is 5.97 Å². The molecule has 3 N–H and O–H groups in total. The molecule has 0 radical (unpaired) electrons. The molecular formula is C12H15NO2. The van der Waals surface area contributed by atoms with Gasteiger partial charge in [-0.15, -0.1) is 0 Å². The molecule has 0 heterocycles. The minimum atomic E-state index is -0.841. The summed E-state index contributed by atoms with van der Waals surface area (Å²) in [5, 5.41) is 9.11. The van der Waals surface area contributed by atoms with E-state index in [4.69, 9.17) is 10.8 Å². The zero-order chi connectivity index (χ0) is 10.8. The van der Waals surface area contributed by atoms with Crippen LogP contribution in [0.1, 0.15) is 40.2 Å². The lowest BCUT2D eigenvalue weighted by Gasteiger charge is -2.25. The van der Waals surface area contributed by atoms with Crippen LogP contribution in [-0.2, 0) is 6.42 Å². The highest BCUT2D eigenvalue weighted by molar-refractivity contribution is 5.90. The highest BCUT2D eigenvalue weighted by Crippen LogP contribution is 2.33. The van der Waals surface area contributed by atoms with Crippen LogP contribution >= 0.6 is 0 Å². The van der Waals surface area contributed by atoms with E-state index < -0.39 is 5.97 Å². The van der Waals surface area contributed by atoms with Gasteiger partial charge in [0.1, 0.15) is 0 Å². The van der Waals surface area contributed by atoms with Crippen LogP contribution in [0.25, 0.3) is 0 Å². The Morgan fingerprint density at radius 1 is 1.53 bits per heavy atom. The molecule has 0 aromatic heterocycles. The lowest BCUT2D eigenvalue weighted by atomic mass is 9.80. The Morgan fingerprint density at radius 2 is 2.33 bits per heavy atom. The molecule has 0 bridgehead atoms. The number of carboxylic acids is 1. The molecule has 1 aliphatic carbocycles. The summed E-state index contributed by atoms with van der Waals surface area (Å²) in [6.45, 7) is 0.539. The van der Waals surface area contributed by atoms with Crippen molar-refractivity contribution in [3.05, 3.63) is 34.9 Å². The number of hydrogen-bond acceptors (Lipinski definition) is 2. The molecule has 0 saturated carbocycles. The van der Waals surface area contributed by atoms with Gasteiger partial charge in [-0.3, -0.25) is 0 Å². The van der Waals surface area contributed by atoms with Gasteiger partial charge < -0.3 is 10.8 Å². The zero-order valence-corrected chi connectivity index (χ0v) is 8.57. The van der Waals surface area contributed by atoms with Crippen molar-refractivity contribution in [2.24, 2.45) is 5.73 Å². The molecular weight excluding hydrogens is 190 g/mol. The van der Waals surface area contributed by atoms with Crippen molar-refractivity contribution in [3.63, 3.8) is 0 Å². The summed E-state index contributed by atoms with van der Waals surface area (Å²) < 4.78 is 0. The van der Waals surface area contributed by atoms with Crippen molar-refractivity contribution in [1.82, 2.24) is 0 Å². The van der Waals surface area contributed by atoms with E-state index in [9.17, 15) is 4.79 Å². The Kier molecular flexibility index (Phi) is 2.73. The molecule has 0 amide bonds. The van der Waals surface area contributed by atoms with Crippen molar-refractivity contribution in [3.8, 4) is 0 Å². The number of carboxylic acid groups (broad SMARTS) is 1. The van der Waals surface area contributed by atoms with E-state index in [-0.39, 0.29) is 5.92 Å². The Balaban J connectivity index is 2.54. The minimum absolute atomic E-state index is 0.223. The largest absolute Gasteiger partial charge is 0.478 e. The van der Waals surface area contributed by atoms with Crippen LogP contribution in [0.4, 0.5) is 0 Å². The quantitative estimate of drug-likeness (QED) is 0.773. The van der Waals surface area contributed by atoms with Crippen LogP contribution in [-0.4, -0.2) is 17.6 Å². The van der Waals surface area contributed by atoms with Gasteiger partial charge in [0.15, 0.2) is 0 Å². The van der Waals surface area contributed by atoms with Crippen molar-refractivity contribution in [2.45, 2.75) is 25.2 Å². The molecule has 1 aliphatic rings. The SMILES string of the molecule is NCC1CCCc2cccc(C(=O)O)c21. The number of rotatable bonds is 2. The summed E-state index contributed by atoms with van der Waals surface area (Å²) in [4.78, 5) is 11.1. The van der Waals surface area contributed by atoms with Crippen LogP contribution in [0, 0.1) is 0 Å². The average Bonchev–Trinajstić information content (AvgIpc) is 2.27. The first-order valence-corrected chi connectivity index (χ1v) is 5.29. The van der Waals surface area contributed by atoms with Crippen LogP contribution < -0.4 is 5.73 Å². The highest BCUT2D eigenvalue weighted by atomic mass is 16.4. The Bertz CT molecular complexity index is 387. The zero-order valence-electron chi connectivity index (χ0n) is 8.57. The minimum Gasteiger partial charge on any atom is -0.478 e. The van der Waals surface area contributed by atoms with Gasteiger partial charge >= 0.3 is 5.97 Å². The molecule has 1 aromatic rings. The molecule has 0 saturated heterocycles. The molecule has 80 valence electrons. The monoisotopic (exact) mass is 205 g/mol. The van der Waals surface area contributed by atoms with Gasteiger partial charge in [-0.2, -0.15) is 0 Å². The van der Waals surface area contributed by atoms with Crippen LogP contribution in [0.3, 0.4) is 0 Å². The maximum atomic E-state index is 11.1. The second kappa shape index (κ2) is 4.03. The molecule has 2 rings (SSSR count). The van der Waals surface area contributed by atoms with Gasteiger partial charge in [-0.05, 0) is 48.9 Å². The molecule has 0 spiro atoms. The lowest BCUT2D eigenvalue weighted by molar-refractivity contribution is 0.0694. The molecule has 0 aliphatic heterocycles. The summed E-state index contributed by atoms with van der Waals surface area (Å²) >= 11 is 0. The van der Waals surface area contributed by atoms with Gasteiger partial charge in [-0.1, -0.05) is 12.1 Å². The average molecular weight is 205 g/mol. The Morgan fingerprint density at radius 3 is 3.00 bits per heavy atom. The Labute approximate surface area is 88.9 Å². The normalized spacial score (nSPS) is 19.7. The van der Waals surface area contributed by atoms with Gasteiger partial charge in [0.2, 0.25) is 0 Å². The van der Waals surface area contributed by atoms with Gasteiger partial charge in [0, 0.05) is 0 Å². The molecule has 0 fully saturated rings. The number of fused-ring (bicyclic) bond motifs is 1. The molecule has 1 unspecified atom stereocenters. The summed E-state index contributed by atoms with van der Waals surface area (Å²) in [5.41, 5.74) is 8.26. The lowest BCUT2D eigenvalue weighted by Crippen LogP contribution is -2.21. The van der Waals surface area contributed by atoms with E-state index in [0.29, 0.717) is 12.1 Å². The maximum absolute atomic E-state index is 11.1. The third-order valence-electron chi connectivity index (χ3n) is 3.12. The number of benzene rings is 1. The topological polar surface area (TPSA) is 63.3 Å². The van der Waals surface area contributed by atoms with Gasteiger partial charge in [0.05, 0.1) is 5.56 Å². The molecule has 3 nitrogen and oxygen atoms in total. The fourth-order valence-electron chi connectivity index (χ4n) is 2.42. The van der Waals surface area contributed by atoms with Crippen molar-refractivity contribution < 1.29 is 9.90 Å². The van der Waals surface area contributed by atoms with Crippen LogP contribution in [0.15, 0.2) is 18.2 Å². The smallest absolute Gasteiger partial charge is 0.335 e. The van der Waals surface area contributed by atoms with Crippen LogP contribution in [0.5, 0.6) is 0 Å². The van der Waals surface area contributed by atoms with E-state index >= 15 is 0 Å². The predicted octanol–water partition coefficient (Wildman–Crippen LogP) is 1.76. The van der Waals surface area contributed by atoms with E-state index in [0.717, 1.165) is 30.4 Å². The highest BCUT2D eigenvalue weighted by Gasteiger charge is 2.24. The van der Waals surface area contributed by atoms with E-state index in [1.54, 1.807) is 6.07 Å². The third kappa shape index (κ3) is 1.75. The number of aryl methyl sites for hydroxylation is 1. The number of nitrogens with two attached hydrogens (primary N) is 1. The summed E-state index contributed by atoms with van der Waals surface area (Å²) in [6, 6.07) is 5.51. The third-order valence-corrected chi connectivity index (χ3v) is 3.12. The first-order chi connectivity index (χ1) is 7.24. The van der Waals surface area contributed by atoms with Crippen LogP contribution in [0.2, 0.25) is 0 Å². The molecule has 15 heavy (non-hydrogen) atoms. The molecule has 1 atom stereocenters. The number of hydrogen-bond donors (Lipinski definition) is 2. The van der Waals surface area contributed by atoms with E-state index in [1.165, 1.54) is 0 Å². The maximum Gasteiger partial charge on any atom is 0.335 e. The van der Waals surface area contributed by atoms with Crippen molar-refractivity contribution in [2.75, 3.05) is 6.54 Å². The standard InChI is InChI=1S/C12H15NO2/c13-7-9-5-1-3-8-4-2-6-10(11(8)9)12(14)15/h2,4,6,9H,1,3,5,7,13H2,(H,14,15). The first-order valence-electron chi connectivity index (χ1n) is 5.29. The fraction of sp³-hybridized carbons (Fsp3) is 0.417. The molecule has 1 aromatic carbocycles. The first kappa shape index (κ1) is 10.2.